The maximum Gasteiger partial charge on any atom is 0.337 e. The molecule has 0 bridgehead atoms. The van der Waals surface area contributed by atoms with Crippen molar-refractivity contribution in [3.05, 3.63) is 0 Å². The van der Waals surface area contributed by atoms with Gasteiger partial charge in [0, 0.05) is 27.7 Å². The molecule has 0 fully saturated rings. The summed E-state index contributed by atoms with van der Waals surface area (Å²) in [5, 5.41) is 7.73. The molecule has 0 saturated heterocycles. The van der Waals surface area contributed by atoms with Gasteiger partial charge in [0.15, 0.2) is 0 Å². The molecule has 0 radical (unpaired) electrons. The van der Waals surface area contributed by atoms with E-state index in [1.807, 2.05) is 0 Å². The third kappa shape index (κ3) is 6.99. The van der Waals surface area contributed by atoms with Gasteiger partial charge in [0.05, 0.1) is 0 Å². The van der Waals surface area contributed by atoms with E-state index >= 15 is 0 Å². The predicted molar refractivity (Wildman–Crippen MR) is 23.1 cm³/mol. The van der Waals surface area contributed by atoms with Crippen LogP contribution in [0.5, 0.6) is 0 Å². The van der Waals surface area contributed by atoms with E-state index in [-0.39, 0.29) is 27.7 Å². The second kappa shape index (κ2) is 5.13. The Bertz CT molecular complexity index is 64.7. The Morgan fingerprint density at radius 2 is 1.71 bits per heavy atom. The van der Waals surface area contributed by atoms with Crippen LogP contribution >= 0.6 is 23.2 Å². The van der Waals surface area contributed by atoms with Crippen LogP contribution in [0.2, 0.25) is 0 Å². The van der Waals surface area contributed by atoms with Gasteiger partial charge in [0.1, 0.15) is 0 Å². The summed E-state index contributed by atoms with van der Waals surface area (Å²) in [5.74, 6) is -1.21. The summed E-state index contributed by atoms with van der Waals surface area (Å²) in [5.41, 5.74) is 0. The zero-order valence-electron chi connectivity index (χ0n) is 3.40. The van der Waals surface area contributed by atoms with Crippen LogP contribution in [-0.2, 0) is 32.5 Å². The average Bonchev–Trinajstić information content (AvgIpc) is 1.36. The molecule has 0 saturated carbocycles. The monoisotopic (exact) mass is 330 g/mol. The first-order valence-corrected chi connectivity index (χ1v) is 2.03. The van der Waals surface area contributed by atoms with Crippen LogP contribution in [0.3, 0.4) is 0 Å². The zero-order valence-corrected chi connectivity index (χ0v) is 10.4. The summed E-state index contributed by atoms with van der Waals surface area (Å²) in [6, 6.07) is 0. The summed E-state index contributed by atoms with van der Waals surface area (Å²) in [7, 11) is 0. The number of aliphatic carboxylic acids is 1. The molecule has 0 amide bonds. The van der Waals surface area contributed by atoms with E-state index < -0.39 is 10.8 Å². The fraction of sp³-hybridized carbons (Fsp3) is 0.500. The Hall–Kier alpha value is 0.985. The van der Waals surface area contributed by atoms with Crippen molar-refractivity contribution >= 4 is 29.2 Å². The SMILES string of the molecule is O=C(O)C(Cl)Cl.[Hg]. The van der Waals surface area contributed by atoms with Gasteiger partial charge in [0.25, 0.3) is 0 Å². The van der Waals surface area contributed by atoms with Crippen LogP contribution < -0.4 is 0 Å². The van der Waals surface area contributed by atoms with Crippen molar-refractivity contribution in [2.75, 3.05) is 0 Å². The number of carboxylic acid groups (broad SMARTS) is 1. The fourth-order valence-electron chi connectivity index (χ4n) is 0. The minimum atomic E-state index is -1.29. The summed E-state index contributed by atoms with van der Waals surface area (Å²) in [6.45, 7) is 0. The zero-order chi connectivity index (χ0) is 5.15. The Labute approximate surface area is 71.3 Å². The molecule has 0 spiro atoms. The Morgan fingerprint density at radius 3 is 1.71 bits per heavy atom. The Balaban J connectivity index is 0. The van der Waals surface area contributed by atoms with Crippen LogP contribution in [0.4, 0.5) is 0 Å². The quantitative estimate of drug-likeness (QED) is 0.573. The van der Waals surface area contributed by atoms with E-state index in [1.165, 1.54) is 0 Å². The molecule has 0 atom stereocenters. The molecule has 0 aliphatic carbocycles. The molecule has 0 aliphatic rings. The number of carbonyl (C=O) groups is 1. The van der Waals surface area contributed by atoms with E-state index in [1.54, 1.807) is 0 Å². The molecule has 0 aliphatic heterocycles. The Morgan fingerprint density at radius 1 is 1.57 bits per heavy atom. The topological polar surface area (TPSA) is 37.3 Å². The molecule has 1 N–H and O–H groups in total. The van der Waals surface area contributed by atoms with Gasteiger partial charge in [-0.15, -0.1) is 0 Å². The second-order valence-corrected chi connectivity index (χ2v) is 1.74. The molecule has 38 valence electrons. The van der Waals surface area contributed by atoms with Crippen LogP contribution in [0.15, 0.2) is 0 Å². The normalized spacial score (nSPS) is 7.86. The smallest absolute Gasteiger partial charge is 0.337 e. The summed E-state index contributed by atoms with van der Waals surface area (Å²) < 4.78 is 0. The maximum atomic E-state index is 9.44. The van der Waals surface area contributed by atoms with E-state index in [0.717, 1.165) is 0 Å². The van der Waals surface area contributed by atoms with Crippen molar-refractivity contribution in [3.63, 3.8) is 0 Å². The van der Waals surface area contributed by atoms with Crippen molar-refractivity contribution in [2.45, 2.75) is 4.84 Å². The van der Waals surface area contributed by atoms with Gasteiger partial charge in [-0.3, -0.25) is 0 Å². The minimum Gasteiger partial charge on any atom is -0.479 e. The van der Waals surface area contributed by atoms with Crippen LogP contribution in [0.1, 0.15) is 0 Å². The first kappa shape index (κ1) is 10.9. The first-order valence-electron chi connectivity index (χ1n) is 1.15. The van der Waals surface area contributed by atoms with Crippen molar-refractivity contribution in [1.29, 1.82) is 0 Å². The third-order valence-corrected chi connectivity index (χ3v) is 0.560. The van der Waals surface area contributed by atoms with Gasteiger partial charge in [-0.1, -0.05) is 23.2 Å². The number of halogens is 2. The maximum absolute atomic E-state index is 9.44. The van der Waals surface area contributed by atoms with Gasteiger partial charge in [-0.25, -0.2) is 4.79 Å². The van der Waals surface area contributed by atoms with Gasteiger partial charge in [0.2, 0.25) is 4.84 Å². The van der Waals surface area contributed by atoms with E-state index in [0.29, 0.717) is 0 Å². The molecule has 0 unspecified atom stereocenters. The van der Waals surface area contributed by atoms with E-state index in [9.17, 15) is 4.79 Å². The summed E-state index contributed by atoms with van der Waals surface area (Å²) in [4.78, 5) is 8.15. The molecule has 2 nitrogen and oxygen atoms in total. The van der Waals surface area contributed by atoms with E-state index in [4.69, 9.17) is 28.3 Å². The molecular formula is C2H2Cl2HgO2. The standard InChI is InChI=1S/C2H2Cl2O2.Hg/c3-1(4)2(5)6;/h1H,(H,5,6);. The molecule has 5 heteroatoms. The molecule has 0 aromatic carbocycles. The molecule has 7 heavy (non-hydrogen) atoms. The number of hydrogen-bond acceptors (Lipinski definition) is 1. The summed E-state index contributed by atoms with van der Waals surface area (Å²) >= 11 is 9.56. The van der Waals surface area contributed by atoms with Crippen molar-refractivity contribution in [2.24, 2.45) is 0 Å². The molecule has 0 rings (SSSR count). The van der Waals surface area contributed by atoms with Gasteiger partial charge < -0.3 is 5.11 Å². The van der Waals surface area contributed by atoms with Gasteiger partial charge >= 0.3 is 5.97 Å². The number of rotatable bonds is 1. The third-order valence-electron chi connectivity index (χ3n) is 0.187. The van der Waals surface area contributed by atoms with E-state index in [2.05, 4.69) is 0 Å². The minimum absolute atomic E-state index is 0. The van der Waals surface area contributed by atoms with Gasteiger partial charge in [-0.2, -0.15) is 0 Å². The largest absolute Gasteiger partial charge is 0.479 e. The summed E-state index contributed by atoms with van der Waals surface area (Å²) in [6.07, 6.45) is 0. The first-order chi connectivity index (χ1) is 2.64. The molecular weight excluding hydrogens is 328 g/mol. The van der Waals surface area contributed by atoms with Crippen LogP contribution in [0.25, 0.3) is 0 Å². The molecule has 0 aromatic heterocycles. The fourth-order valence-corrected chi connectivity index (χ4v) is 0. The van der Waals surface area contributed by atoms with Crippen molar-refractivity contribution in [3.8, 4) is 0 Å². The number of hydrogen-bond donors (Lipinski definition) is 1. The van der Waals surface area contributed by atoms with Crippen molar-refractivity contribution < 1.29 is 37.6 Å². The van der Waals surface area contributed by atoms with Crippen molar-refractivity contribution in [1.82, 2.24) is 0 Å². The van der Waals surface area contributed by atoms with Gasteiger partial charge in [-0.05, 0) is 0 Å². The predicted octanol–water partition coefficient (Wildman–Crippen LogP) is 0.872. The molecule has 0 heterocycles. The van der Waals surface area contributed by atoms with Crippen LogP contribution in [-0.4, -0.2) is 15.9 Å². The second-order valence-electron chi connectivity index (χ2n) is 0.639. The molecule has 0 aromatic rings. The van der Waals surface area contributed by atoms with Crippen LogP contribution in [0, 0.1) is 0 Å². The Kier molecular flexibility index (Phi) is 7.97. The average molecular weight is 330 g/mol. The number of alkyl halides is 2. The number of carboxylic acids is 1.